The number of benzene rings is 1. The molecule has 0 aromatic heterocycles. The van der Waals surface area contributed by atoms with Gasteiger partial charge in [-0.15, -0.1) is 0 Å². The topological polar surface area (TPSA) is 40.1 Å². The molecule has 1 aromatic rings. The Labute approximate surface area is 82.8 Å². The van der Waals surface area contributed by atoms with Crippen molar-refractivity contribution in [3.63, 3.8) is 0 Å². The van der Waals surface area contributed by atoms with Crippen molar-refractivity contribution in [1.29, 1.82) is 0 Å². The van der Waals surface area contributed by atoms with Crippen LogP contribution in [0.15, 0.2) is 18.2 Å². The molecule has 0 saturated carbocycles. The quantitative estimate of drug-likeness (QED) is 0.723. The Balaban J connectivity index is 3.04. The van der Waals surface area contributed by atoms with Gasteiger partial charge in [0, 0.05) is 21.4 Å². The van der Waals surface area contributed by atoms with Crippen molar-refractivity contribution >= 4 is 34.3 Å². The summed E-state index contributed by atoms with van der Waals surface area (Å²) in [7, 11) is 0. The molecule has 66 valence electrons. The highest BCUT2D eigenvalue weighted by molar-refractivity contribution is 7.78. The molecule has 0 heterocycles. The van der Waals surface area contributed by atoms with Gasteiger partial charge in [-0.05, 0) is 12.1 Å². The molecule has 0 radical (unpaired) electrons. The smallest absolute Gasteiger partial charge is 0.0461 e. The van der Waals surface area contributed by atoms with Crippen LogP contribution in [0.1, 0.15) is 5.56 Å². The van der Waals surface area contributed by atoms with Crippen molar-refractivity contribution in [1.82, 2.24) is 0 Å². The van der Waals surface area contributed by atoms with Gasteiger partial charge in [-0.2, -0.15) is 0 Å². The highest BCUT2D eigenvalue weighted by atomic mass is 35.5. The second-order valence-corrected chi connectivity index (χ2v) is 3.86. The van der Waals surface area contributed by atoms with Crippen molar-refractivity contribution in [3.05, 3.63) is 33.8 Å². The fourth-order valence-corrected chi connectivity index (χ4v) is 2.02. The molecule has 0 bridgehead atoms. The highest BCUT2D eigenvalue weighted by Crippen LogP contribution is 2.24. The lowest BCUT2D eigenvalue weighted by Crippen LogP contribution is -1.95. The molecule has 1 rings (SSSR count). The van der Waals surface area contributed by atoms with Crippen molar-refractivity contribution in [3.8, 4) is 0 Å². The minimum Gasteiger partial charge on any atom is -0.772 e. The number of rotatable bonds is 2. The van der Waals surface area contributed by atoms with E-state index in [0.717, 1.165) is 0 Å². The molecular weight excluding hydrogens is 219 g/mol. The van der Waals surface area contributed by atoms with E-state index in [1.807, 2.05) is 0 Å². The van der Waals surface area contributed by atoms with E-state index in [9.17, 15) is 8.76 Å². The van der Waals surface area contributed by atoms with Gasteiger partial charge in [0.2, 0.25) is 0 Å². The zero-order chi connectivity index (χ0) is 9.14. The van der Waals surface area contributed by atoms with E-state index in [2.05, 4.69) is 0 Å². The maximum Gasteiger partial charge on any atom is 0.0461 e. The Hall–Kier alpha value is -0.0900. The predicted octanol–water partition coefficient (Wildman–Crippen LogP) is 2.37. The van der Waals surface area contributed by atoms with Gasteiger partial charge in [-0.25, -0.2) is 0 Å². The summed E-state index contributed by atoms with van der Waals surface area (Å²) in [6.07, 6.45) is 0. The van der Waals surface area contributed by atoms with E-state index in [4.69, 9.17) is 23.2 Å². The van der Waals surface area contributed by atoms with E-state index >= 15 is 0 Å². The Morgan fingerprint density at radius 1 is 1.33 bits per heavy atom. The van der Waals surface area contributed by atoms with Crippen LogP contribution in [0.4, 0.5) is 0 Å². The van der Waals surface area contributed by atoms with E-state index in [1.165, 1.54) is 0 Å². The molecule has 0 N–H and O–H groups in total. The number of hydrogen-bond acceptors (Lipinski definition) is 2. The summed E-state index contributed by atoms with van der Waals surface area (Å²) in [5, 5.41) is 0.762. The van der Waals surface area contributed by atoms with Crippen LogP contribution in [-0.2, 0) is 16.8 Å². The zero-order valence-electron chi connectivity index (χ0n) is 5.92. The minimum atomic E-state index is -2.16. The van der Waals surface area contributed by atoms with E-state index < -0.39 is 11.1 Å². The SMILES string of the molecule is O=S([O-])Cc1c(Cl)cccc1Cl. The van der Waals surface area contributed by atoms with E-state index in [1.54, 1.807) is 18.2 Å². The van der Waals surface area contributed by atoms with Crippen LogP contribution in [0.2, 0.25) is 10.0 Å². The van der Waals surface area contributed by atoms with Crippen molar-refractivity contribution in [2.24, 2.45) is 0 Å². The third kappa shape index (κ3) is 2.45. The molecule has 0 fully saturated rings. The van der Waals surface area contributed by atoms with Gasteiger partial charge in [0.25, 0.3) is 0 Å². The maximum absolute atomic E-state index is 10.4. The van der Waals surface area contributed by atoms with Crippen LogP contribution in [-0.4, -0.2) is 8.76 Å². The lowest BCUT2D eigenvalue weighted by atomic mass is 10.2. The first-order chi connectivity index (χ1) is 5.61. The van der Waals surface area contributed by atoms with Crippen molar-refractivity contribution in [2.75, 3.05) is 0 Å². The van der Waals surface area contributed by atoms with Crippen molar-refractivity contribution in [2.45, 2.75) is 5.75 Å². The third-order valence-corrected chi connectivity index (χ3v) is 2.56. The summed E-state index contributed by atoms with van der Waals surface area (Å²) >= 11 is 9.28. The first kappa shape index (κ1) is 9.99. The van der Waals surface area contributed by atoms with E-state index in [-0.39, 0.29) is 5.75 Å². The molecule has 12 heavy (non-hydrogen) atoms. The molecule has 0 aliphatic carbocycles. The molecular formula is C7H5Cl2O2S-. The molecule has 1 unspecified atom stereocenters. The second kappa shape index (κ2) is 4.23. The average Bonchev–Trinajstić information content (AvgIpc) is 1.97. The van der Waals surface area contributed by atoms with Crippen molar-refractivity contribution < 1.29 is 8.76 Å². The van der Waals surface area contributed by atoms with Gasteiger partial charge in [-0.1, -0.05) is 40.3 Å². The Morgan fingerprint density at radius 2 is 1.83 bits per heavy atom. The third-order valence-electron chi connectivity index (χ3n) is 1.32. The highest BCUT2D eigenvalue weighted by Gasteiger charge is 2.04. The summed E-state index contributed by atoms with van der Waals surface area (Å²) in [4.78, 5) is 0. The largest absolute Gasteiger partial charge is 0.772 e. The van der Waals surface area contributed by atoms with Gasteiger partial charge in [0.05, 0.1) is 0 Å². The number of halogens is 2. The fourth-order valence-electron chi connectivity index (χ4n) is 0.788. The van der Waals surface area contributed by atoms with Gasteiger partial charge < -0.3 is 4.55 Å². The maximum atomic E-state index is 10.4. The average molecular weight is 224 g/mol. The fraction of sp³-hybridized carbons (Fsp3) is 0.143. The van der Waals surface area contributed by atoms with Gasteiger partial charge in [0.15, 0.2) is 0 Å². The van der Waals surface area contributed by atoms with Gasteiger partial charge in [-0.3, -0.25) is 4.21 Å². The Kier molecular flexibility index (Phi) is 3.53. The van der Waals surface area contributed by atoms with Crippen LogP contribution in [0.3, 0.4) is 0 Å². The molecule has 1 aromatic carbocycles. The minimum absolute atomic E-state index is 0.140. The number of hydrogen-bond donors (Lipinski definition) is 0. The molecule has 0 amide bonds. The monoisotopic (exact) mass is 223 g/mol. The molecule has 5 heteroatoms. The predicted molar refractivity (Wildman–Crippen MR) is 49.1 cm³/mol. The van der Waals surface area contributed by atoms with Crippen LogP contribution in [0.5, 0.6) is 0 Å². The molecule has 1 atom stereocenters. The summed E-state index contributed by atoms with van der Waals surface area (Å²) in [5.74, 6) is -0.140. The molecule has 0 spiro atoms. The summed E-state index contributed by atoms with van der Waals surface area (Å²) in [6, 6.07) is 4.88. The lowest BCUT2D eigenvalue weighted by molar-refractivity contribution is 0.536. The normalized spacial score (nSPS) is 12.9. The molecule has 2 nitrogen and oxygen atoms in total. The van der Waals surface area contributed by atoms with Crippen LogP contribution in [0, 0.1) is 0 Å². The van der Waals surface area contributed by atoms with Gasteiger partial charge >= 0.3 is 0 Å². The Bertz CT molecular complexity index is 294. The van der Waals surface area contributed by atoms with Gasteiger partial charge in [0.1, 0.15) is 0 Å². The standard InChI is InChI=1S/C7H6Cl2O2S/c8-6-2-1-3-7(9)5(6)4-12(10)11/h1-3H,4H2,(H,10,11)/p-1. The first-order valence-electron chi connectivity index (χ1n) is 3.10. The molecule has 0 aliphatic heterocycles. The second-order valence-electron chi connectivity index (χ2n) is 2.15. The molecule has 0 saturated heterocycles. The summed E-state index contributed by atoms with van der Waals surface area (Å²) < 4.78 is 20.7. The van der Waals surface area contributed by atoms with Crippen LogP contribution in [0.25, 0.3) is 0 Å². The van der Waals surface area contributed by atoms with Crippen LogP contribution >= 0.6 is 23.2 Å². The molecule has 0 aliphatic rings. The summed E-state index contributed by atoms with van der Waals surface area (Å²) in [6.45, 7) is 0. The zero-order valence-corrected chi connectivity index (χ0v) is 8.25. The van der Waals surface area contributed by atoms with E-state index in [0.29, 0.717) is 15.6 Å². The summed E-state index contributed by atoms with van der Waals surface area (Å²) in [5.41, 5.74) is 0.453. The lowest BCUT2D eigenvalue weighted by Gasteiger charge is -2.08. The Morgan fingerprint density at radius 3 is 2.25 bits per heavy atom. The first-order valence-corrected chi connectivity index (χ1v) is 5.10. The van der Waals surface area contributed by atoms with Crippen LogP contribution < -0.4 is 0 Å².